The summed E-state index contributed by atoms with van der Waals surface area (Å²) in [6, 6.07) is 15.9. The summed E-state index contributed by atoms with van der Waals surface area (Å²) in [6.45, 7) is 10.4. The number of piperazine rings is 1. The van der Waals surface area contributed by atoms with Crippen molar-refractivity contribution < 1.29 is 19.2 Å². The number of nitrogens with zero attached hydrogens (tertiary/aromatic N) is 1. The third kappa shape index (κ3) is 5.39. The van der Waals surface area contributed by atoms with E-state index in [1.54, 1.807) is 17.0 Å². The van der Waals surface area contributed by atoms with Crippen molar-refractivity contribution in [3.63, 3.8) is 0 Å². The molecule has 1 aliphatic rings. The van der Waals surface area contributed by atoms with Crippen LogP contribution < -0.4 is 15.1 Å². The van der Waals surface area contributed by atoms with E-state index in [2.05, 4.69) is 34.5 Å². The zero-order valence-corrected chi connectivity index (χ0v) is 18.3. The Balaban J connectivity index is 1.76. The standard InChI is InChI=1S/C24H31N3O3/c1-24(2,3)23(29)25-20-16-19(22(28)30-4)10-11-21(20)27-14-12-26(13-15-27)17-18-8-6-5-7-9-18/h5-11,16H,12-15,17H2,1-4H3,(H,25,29)/p+1. The molecule has 1 saturated heterocycles. The van der Waals surface area contributed by atoms with E-state index >= 15 is 0 Å². The van der Waals surface area contributed by atoms with Crippen molar-refractivity contribution in [2.75, 3.05) is 43.5 Å². The first-order valence-corrected chi connectivity index (χ1v) is 10.4. The van der Waals surface area contributed by atoms with Gasteiger partial charge in [-0.15, -0.1) is 0 Å². The number of benzene rings is 2. The van der Waals surface area contributed by atoms with Crippen LogP contribution in [0.3, 0.4) is 0 Å². The molecule has 0 aromatic heterocycles. The third-order valence-corrected chi connectivity index (χ3v) is 5.46. The van der Waals surface area contributed by atoms with Crippen LogP contribution in [0.15, 0.2) is 48.5 Å². The van der Waals surface area contributed by atoms with E-state index in [0.29, 0.717) is 11.3 Å². The Morgan fingerprint density at radius 3 is 2.33 bits per heavy atom. The molecule has 2 aromatic carbocycles. The van der Waals surface area contributed by atoms with E-state index in [1.807, 2.05) is 32.9 Å². The van der Waals surface area contributed by atoms with Crippen LogP contribution in [0, 0.1) is 5.41 Å². The Bertz CT molecular complexity index is 882. The lowest BCUT2D eigenvalue weighted by Gasteiger charge is -2.35. The van der Waals surface area contributed by atoms with Gasteiger partial charge >= 0.3 is 5.97 Å². The molecule has 0 spiro atoms. The highest BCUT2D eigenvalue weighted by Gasteiger charge is 2.26. The van der Waals surface area contributed by atoms with Gasteiger partial charge in [0.05, 0.1) is 50.2 Å². The predicted octanol–water partition coefficient (Wildman–Crippen LogP) is 2.36. The summed E-state index contributed by atoms with van der Waals surface area (Å²) < 4.78 is 4.85. The first kappa shape index (κ1) is 21.8. The molecule has 2 N–H and O–H groups in total. The minimum atomic E-state index is -0.531. The van der Waals surface area contributed by atoms with Crippen molar-refractivity contribution in [2.45, 2.75) is 27.3 Å². The Morgan fingerprint density at radius 2 is 1.73 bits per heavy atom. The van der Waals surface area contributed by atoms with Crippen molar-refractivity contribution in [3.8, 4) is 0 Å². The molecule has 0 atom stereocenters. The Kier molecular flexibility index (Phi) is 6.77. The maximum atomic E-state index is 12.6. The summed E-state index contributed by atoms with van der Waals surface area (Å²) >= 11 is 0. The second-order valence-electron chi connectivity index (χ2n) is 8.83. The Labute approximate surface area is 178 Å². The molecule has 1 aliphatic heterocycles. The van der Waals surface area contributed by atoms with Gasteiger partial charge in [-0.25, -0.2) is 4.79 Å². The van der Waals surface area contributed by atoms with Gasteiger partial charge in [0.15, 0.2) is 0 Å². The number of quaternary nitrogens is 1. The number of rotatable bonds is 5. The number of ether oxygens (including phenoxy) is 1. The molecule has 6 heteroatoms. The van der Waals surface area contributed by atoms with Gasteiger partial charge in [-0.1, -0.05) is 51.1 Å². The number of hydrogen-bond acceptors (Lipinski definition) is 4. The number of esters is 1. The number of carbonyl (C=O) groups excluding carboxylic acids is 2. The third-order valence-electron chi connectivity index (χ3n) is 5.46. The molecule has 3 rings (SSSR count). The maximum Gasteiger partial charge on any atom is 0.337 e. The number of amides is 1. The van der Waals surface area contributed by atoms with Crippen molar-refractivity contribution in [2.24, 2.45) is 5.41 Å². The van der Waals surface area contributed by atoms with E-state index in [9.17, 15) is 9.59 Å². The molecule has 1 heterocycles. The second-order valence-corrected chi connectivity index (χ2v) is 8.83. The summed E-state index contributed by atoms with van der Waals surface area (Å²) in [4.78, 5) is 28.5. The SMILES string of the molecule is COC(=O)c1ccc(N2CC[NH+](Cc3ccccc3)CC2)c(NC(=O)C(C)(C)C)c1. The van der Waals surface area contributed by atoms with Gasteiger partial charge in [-0.2, -0.15) is 0 Å². The van der Waals surface area contributed by atoms with Crippen molar-refractivity contribution in [1.29, 1.82) is 0 Å². The predicted molar refractivity (Wildman–Crippen MR) is 119 cm³/mol. The average Bonchev–Trinajstić information content (AvgIpc) is 2.74. The first-order valence-electron chi connectivity index (χ1n) is 10.4. The van der Waals surface area contributed by atoms with Crippen molar-refractivity contribution >= 4 is 23.3 Å². The molecule has 0 bridgehead atoms. The molecule has 2 aromatic rings. The van der Waals surface area contributed by atoms with Crippen LogP contribution in [0.5, 0.6) is 0 Å². The normalized spacial score (nSPS) is 15.0. The fourth-order valence-corrected chi connectivity index (χ4v) is 3.59. The molecule has 0 radical (unpaired) electrons. The lowest BCUT2D eigenvalue weighted by Crippen LogP contribution is -3.13. The first-order chi connectivity index (χ1) is 14.3. The van der Waals surface area contributed by atoms with E-state index in [0.717, 1.165) is 38.4 Å². The van der Waals surface area contributed by atoms with E-state index < -0.39 is 11.4 Å². The van der Waals surface area contributed by atoms with Crippen LogP contribution in [0.4, 0.5) is 11.4 Å². The Morgan fingerprint density at radius 1 is 1.07 bits per heavy atom. The summed E-state index contributed by atoms with van der Waals surface area (Å²) in [7, 11) is 1.36. The van der Waals surface area contributed by atoms with Gasteiger partial charge in [0.2, 0.25) is 5.91 Å². The smallest absolute Gasteiger partial charge is 0.337 e. The van der Waals surface area contributed by atoms with Gasteiger partial charge in [0, 0.05) is 11.0 Å². The highest BCUT2D eigenvalue weighted by molar-refractivity contribution is 6.00. The molecule has 30 heavy (non-hydrogen) atoms. The lowest BCUT2D eigenvalue weighted by molar-refractivity contribution is -0.914. The molecule has 0 aliphatic carbocycles. The van der Waals surface area contributed by atoms with Crippen LogP contribution >= 0.6 is 0 Å². The molecule has 1 fully saturated rings. The number of carbonyl (C=O) groups is 2. The molecule has 160 valence electrons. The van der Waals surface area contributed by atoms with Crippen LogP contribution in [-0.2, 0) is 16.1 Å². The molecular formula is C24H32N3O3+. The molecular weight excluding hydrogens is 378 g/mol. The van der Waals surface area contributed by atoms with Crippen LogP contribution in [-0.4, -0.2) is 45.2 Å². The van der Waals surface area contributed by atoms with Gasteiger partial charge in [-0.3, -0.25) is 4.79 Å². The highest BCUT2D eigenvalue weighted by atomic mass is 16.5. The molecule has 0 saturated carbocycles. The number of hydrogen-bond donors (Lipinski definition) is 2. The summed E-state index contributed by atoms with van der Waals surface area (Å²) in [5.41, 5.74) is 2.85. The Hall–Kier alpha value is -2.86. The molecule has 6 nitrogen and oxygen atoms in total. The van der Waals surface area contributed by atoms with Gasteiger partial charge in [0.1, 0.15) is 6.54 Å². The van der Waals surface area contributed by atoms with Gasteiger partial charge < -0.3 is 19.9 Å². The van der Waals surface area contributed by atoms with Crippen molar-refractivity contribution in [3.05, 3.63) is 59.7 Å². The lowest BCUT2D eigenvalue weighted by atomic mass is 9.95. The summed E-state index contributed by atoms with van der Waals surface area (Å²) in [6.07, 6.45) is 0. The van der Waals surface area contributed by atoms with Crippen LogP contribution in [0.25, 0.3) is 0 Å². The fourth-order valence-electron chi connectivity index (χ4n) is 3.59. The van der Waals surface area contributed by atoms with E-state index in [4.69, 9.17) is 4.74 Å². The molecule has 1 amide bonds. The average molecular weight is 411 g/mol. The zero-order valence-electron chi connectivity index (χ0n) is 18.3. The van der Waals surface area contributed by atoms with E-state index in [1.165, 1.54) is 12.7 Å². The number of methoxy groups -OCH3 is 1. The topological polar surface area (TPSA) is 63.1 Å². The minimum absolute atomic E-state index is 0.0842. The highest BCUT2D eigenvalue weighted by Crippen LogP contribution is 2.29. The maximum absolute atomic E-state index is 12.6. The van der Waals surface area contributed by atoms with Gasteiger partial charge in [0.25, 0.3) is 0 Å². The number of anilines is 2. The summed E-state index contributed by atoms with van der Waals surface area (Å²) in [5.74, 6) is -0.496. The fraction of sp³-hybridized carbons (Fsp3) is 0.417. The van der Waals surface area contributed by atoms with Crippen LogP contribution in [0.1, 0.15) is 36.7 Å². The quantitative estimate of drug-likeness (QED) is 0.743. The summed E-state index contributed by atoms with van der Waals surface area (Å²) in [5, 5.41) is 3.02. The number of nitrogens with one attached hydrogen (secondary N) is 2. The van der Waals surface area contributed by atoms with E-state index in [-0.39, 0.29) is 5.91 Å². The largest absolute Gasteiger partial charge is 0.465 e. The zero-order chi connectivity index (χ0) is 21.7. The minimum Gasteiger partial charge on any atom is -0.465 e. The van der Waals surface area contributed by atoms with Crippen molar-refractivity contribution in [1.82, 2.24) is 0 Å². The monoisotopic (exact) mass is 410 g/mol. The second kappa shape index (κ2) is 9.30. The molecule has 0 unspecified atom stereocenters. The van der Waals surface area contributed by atoms with Crippen LogP contribution in [0.2, 0.25) is 0 Å². The van der Waals surface area contributed by atoms with Gasteiger partial charge in [-0.05, 0) is 18.2 Å².